The Morgan fingerprint density at radius 3 is 2.68 bits per heavy atom. The lowest BCUT2D eigenvalue weighted by atomic mass is 10.2. The van der Waals surface area contributed by atoms with Gasteiger partial charge in [0, 0.05) is 58.9 Å². The lowest BCUT2D eigenvalue weighted by molar-refractivity contribution is 0.170. The number of nitrogens with one attached hydrogen (secondary N) is 1. The molecular formula is C15H28ClN5O. The van der Waals surface area contributed by atoms with Gasteiger partial charge in [-0.2, -0.15) is 5.10 Å². The van der Waals surface area contributed by atoms with E-state index in [1.807, 2.05) is 11.7 Å². The highest BCUT2D eigenvalue weighted by atomic mass is 35.5. The van der Waals surface area contributed by atoms with Crippen LogP contribution in [0.3, 0.4) is 0 Å². The molecule has 0 bridgehead atoms. The van der Waals surface area contributed by atoms with Gasteiger partial charge in [0.1, 0.15) is 0 Å². The van der Waals surface area contributed by atoms with Crippen LogP contribution in [0.25, 0.3) is 0 Å². The molecule has 126 valence electrons. The molecule has 2 saturated heterocycles. The van der Waals surface area contributed by atoms with Crippen LogP contribution in [0.1, 0.15) is 17.7 Å². The van der Waals surface area contributed by atoms with Gasteiger partial charge in [-0.3, -0.25) is 9.80 Å². The zero-order valence-corrected chi connectivity index (χ0v) is 14.7. The number of ether oxygens (including phenoxy) is 1. The van der Waals surface area contributed by atoms with Crippen molar-refractivity contribution in [3.05, 3.63) is 11.3 Å². The number of nitrogens with zero attached hydrogens (tertiary/aromatic N) is 4. The SMILES string of the molecule is COc1c(CN2CCC(N3CCNCC3)C2)c(C)nn1C.Cl. The number of aryl methyl sites for hydroxylation is 2. The molecule has 3 heterocycles. The van der Waals surface area contributed by atoms with Crippen molar-refractivity contribution in [2.24, 2.45) is 7.05 Å². The number of methoxy groups -OCH3 is 1. The van der Waals surface area contributed by atoms with Crippen molar-refractivity contribution < 1.29 is 4.74 Å². The smallest absolute Gasteiger partial charge is 0.216 e. The average molecular weight is 330 g/mol. The molecule has 0 radical (unpaired) electrons. The monoisotopic (exact) mass is 329 g/mol. The highest BCUT2D eigenvalue weighted by molar-refractivity contribution is 5.85. The zero-order valence-electron chi connectivity index (χ0n) is 13.8. The molecular weight excluding hydrogens is 302 g/mol. The van der Waals surface area contributed by atoms with E-state index in [1.54, 1.807) is 7.11 Å². The molecule has 2 fully saturated rings. The first-order valence-electron chi connectivity index (χ1n) is 7.92. The zero-order chi connectivity index (χ0) is 14.8. The van der Waals surface area contributed by atoms with Gasteiger partial charge in [-0.15, -0.1) is 12.4 Å². The van der Waals surface area contributed by atoms with Crippen molar-refractivity contribution in [1.29, 1.82) is 0 Å². The number of likely N-dealkylation sites (tertiary alicyclic amines) is 1. The molecule has 0 spiro atoms. The summed E-state index contributed by atoms with van der Waals surface area (Å²) in [6, 6.07) is 0.718. The maximum Gasteiger partial charge on any atom is 0.216 e. The second kappa shape index (κ2) is 7.64. The Morgan fingerprint density at radius 2 is 2.00 bits per heavy atom. The van der Waals surface area contributed by atoms with Crippen LogP contribution < -0.4 is 10.1 Å². The molecule has 1 aromatic heterocycles. The van der Waals surface area contributed by atoms with Crippen LogP contribution in [0.2, 0.25) is 0 Å². The topological polar surface area (TPSA) is 45.6 Å². The van der Waals surface area contributed by atoms with Crippen LogP contribution in [0.5, 0.6) is 5.88 Å². The molecule has 1 N–H and O–H groups in total. The number of halogens is 1. The van der Waals surface area contributed by atoms with Gasteiger partial charge in [0.05, 0.1) is 18.4 Å². The van der Waals surface area contributed by atoms with Crippen LogP contribution >= 0.6 is 12.4 Å². The minimum Gasteiger partial charge on any atom is -0.481 e. The quantitative estimate of drug-likeness (QED) is 0.878. The van der Waals surface area contributed by atoms with Crippen molar-refractivity contribution in [3.8, 4) is 5.88 Å². The predicted octanol–water partition coefficient (Wildman–Crippen LogP) is 0.638. The highest BCUT2D eigenvalue weighted by Crippen LogP contribution is 2.25. The standard InChI is InChI=1S/C15H27N5O.ClH/c1-12-14(15(21-3)18(2)17-12)11-19-7-4-13(10-19)20-8-5-16-6-9-20;/h13,16H,4-11H2,1-3H3;1H. The normalized spacial score (nSPS) is 23.5. The van der Waals surface area contributed by atoms with E-state index >= 15 is 0 Å². The Hall–Kier alpha value is -0.820. The molecule has 0 aliphatic carbocycles. The van der Waals surface area contributed by atoms with Crippen LogP contribution in [0.15, 0.2) is 0 Å². The second-order valence-electron chi connectivity index (χ2n) is 6.16. The molecule has 1 atom stereocenters. The van der Waals surface area contributed by atoms with Gasteiger partial charge in [-0.25, -0.2) is 4.68 Å². The van der Waals surface area contributed by atoms with E-state index in [-0.39, 0.29) is 12.4 Å². The summed E-state index contributed by atoms with van der Waals surface area (Å²) in [5.74, 6) is 0.901. The third-order valence-corrected chi connectivity index (χ3v) is 4.78. The minimum atomic E-state index is 0. The summed E-state index contributed by atoms with van der Waals surface area (Å²) in [7, 11) is 3.68. The first kappa shape index (κ1) is 17.5. The summed E-state index contributed by atoms with van der Waals surface area (Å²) in [6.07, 6.45) is 1.28. The molecule has 2 aliphatic heterocycles. The van der Waals surface area contributed by atoms with Gasteiger partial charge in [-0.05, 0) is 13.3 Å². The molecule has 0 amide bonds. The average Bonchev–Trinajstić information content (AvgIpc) is 3.06. The van der Waals surface area contributed by atoms with Crippen LogP contribution in [0.4, 0.5) is 0 Å². The number of hydrogen-bond donors (Lipinski definition) is 1. The largest absolute Gasteiger partial charge is 0.481 e. The van der Waals surface area contributed by atoms with E-state index in [9.17, 15) is 0 Å². The maximum atomic E-state index is 5.51. The molecule has 3 rings (SSSR count). The molecule has 6 nitrogen and oxygen atoms in total. The molecule has 0 saturated carbocycles. The van der Waals surface area contributed by atoms with Gasteiger partial charge < -0.3 is 10.1 Å². The van der Waals surface area contributed by atoms with Gasteiger partial charge in [-0.1, -0.05) is 0 Å². The fourth-order valence-corrected chi connectivity index (χ4v) is 3.64. The van der Waals surface area contributed by atoms with Gasteiger partial charge in [0.25, 0.3) is 0 Å². The number of hydrogen-bond acceptors (Lipinski definition) is 5. The van der Waals surface area contributed by atoms with E-state index in [0.717, 1.165) is 43.8 Å². The lowest BCUT2D eigenvalue weighted by Gasteiger charge is -2.32. The molecule has 0 aromatic carbocycles. The van der Waals surface area contributed by atoms with E-state index in [2.05, 4.69) is 27.1 Å². The van der Waals surface area contributed by atoms with Crippen molar-refractivity contribution >= 4 is 12.4 Å². The summed E-state index contributed by atoms with van der Waals surface area (Å²) in [4.78, 5) is 5.18. The predicted molar refractivity (Wildman–Crippen MR) is 89.9 cm³/mol. The third kappa shape index (κ3) is 3.56. The fourth-order valence-electron chi connectivity index (χ4n) is 3.64. The number of aromatic nitrogens is 2. The highest BCUT2D eigenvalue weighted by Gasteiger charge is 2.29. The van der Waals surface area contributed by atoms with Crippen molar-refractivity contribution in [2.75, 3.05) is 46.4 Å². The summed E-state index contributed by atoms with van der Waals surface area (Å²) < 4.78 is 7.35. The lowest BCUT2D eigenvalue weighted by Crippen LogP contribution is -2.49. The fraction of sp³-hybridized carbons (Fsp3) is 0.800. The summed E-state index contributed by atoms with van der Waals surface area (Å²) in [5, 5.41) is 7.91. The van der Waals surface area contributed by atoms with E-state index in [0.29, 0.717) is 0 Å². The first-order chi connectivity index (χ1) is 10.2. The van der Waals surface area contributed by atoms with E-state index in [4.69, 9.17) is 4.74 Å². The summed E-state index contributed by atoms with van der Waals surface area (Å²) in [5.41, 5.74) is 2.32. The molecule has 1 aromatic rings. The maximum absolute atomic E-state index is 5.51. The Labute approximate surface area is 139 Å². The van der Waals surface area contributed by atoms with Gasteiger partial charge in [0.15, 0.2) is 0 Å². The van der Waals surface area contributed by atoms with E-state index < -0.39 is 0 Å². The Kier molecular flexibility index (Phi) is 6.09. The van der Waals surface area contributed by atoms with Crippen molar-refractivity contribution in [2.45, 2.75) is 25.9 Å². The number of piperazine rings is 1. The Morgan fingerprint density at radius 1 is 1.27 bits per heavy atom. The van der Waals surface area contributed by atoms with Crippen LogP contribution in [-0.2, 0) is 13.6 Å². The van der Waals surface area contributed by atoms with Crippen molar-refractivity contribution in [3.63, 3.8) is 0 Å². The summed E-state index contributed by atoms with van der Waals surface area (Å²) >= 11 is 0. The first-order valence-corrected chi connectivity index (χ1v) is 7.92. The number of rotatable bonds is 4. The van der Waals surface area contributed by atoms with Crippen LogP contribution in [0, 0.1) is 6.92 Å². The van der Waals surface area contributed by atoms with E-state index in [1.165, 1.54) is 31.6 Å². The molecule has 1 unspecified atom stereocenters. The summed E-state index contributed by atoms with van der Waals surface area (Å²) in [6.45, 7) is 10.00. The third-order valence-electron chi connectivity index (χ3n) is 4.78. The molecule has 2 aliphatic rings. The van der Waals surface area contributed by atoms with Crippen LogP contribution in [-0.4, -0.2) is 72.0 Å². The molecule has 7 heteroatoms. The van der Waals surface area contributed by atoms with Gasteiger partial charge >= 0.3 is 0 Å². The Balaban J connectivity index is 0.00000176. The second-order valence-corrected chi connectivity index (χ2v) is 6.16. The molecule has 22 heavy (non-hydrogen) atoms. The minimum absolute atomic E-state index is 0. The Bertz CT molecular complexity index is 487. The van der Waals surface area contributed by atoms with Crippen molar-refractivity contribution in [1.82, 2.24) is 24.9 Å². The van der Waals surface area contributed by atoms with Gasteiger partial charge in [0.2, 0.25) is 5.88 Å².